The van der Waals surface area contributed by atoms with Crippen molar-refractivity contribution in [3.63, 3.8) is 0 Å². The average Bonchev–Trinajstić information content (AvgIpc) is 2.87. The molecule has 1 heterocycles. The largest absolute Gasteiger partial charge is 0.478 e. The first-order valence-electron chi connectivity index (χ1n) is 9.28. The SMILES string of the molecule is CN(c1ccccc1-c1ccc2c(c1)Nc1cc(C(=O)O)ccc1NC2=O)S(C)(=O)=O. The van der Waals surface area contributed by atoms with Gasteiger partial charge in [-0.25, -0.2) is 13.2 Å². The average molecular weight is 437 g/mol. The fourth-order valence-electron chi connectivity index (χ4n) is 3.41. The number of hydrogen-bond acceptors (Lipinski definition) is 5. The molecule has 3 aromatic rings. The monoisotopic (exact) mass is 437 g/mol. The quantitative estimate of drug-likeness (QED) is 0.572. The van der Waals surface area contributed by atoms with E-state index in [-0.39, 0.29) is 11.5 Å². The Balaban J connectivity index is 1.83. The predicted molar refractivity (Wildman–Crippen MR) is 120 cm³/mol. The van der Waals surface area contributed by atoms with Crippen LogP contribution in [0.1, 0.15) is 20.7 Å². The van der Waals surface area contributed by atoms with Gasteiger partial charge in [0.05, 0.1) is 40.1 Å². The molecule has 158 valence electrons. The second-order valence-electron chi connectivity index (χ2n) is 7.15. The molecule has 0 atom stereocenters. The number of hydrogen-bond donors (Lipinski definition) is 3. The van der Waals surface area contributed by atoms with Gasteiger partial charge in [0, 0.05) is 12.6 Å². The number of carbonyl (C=O) groups excluding carboxylic acids is 1. The van der Waals surface area contributed by atoms with Crippen molar-refractivity contribution in [2.45, 2.75) is 0 Å². The summed E-state index contributed by atoms with van der Waals surface area (Å²) in [5, 5.41) is 15.2. The maximum atomic E-state index is 12.7. The molecule has 0 spiro atoms. The van der Waals surface area contributed by atoms with Gasteiger partial charge >= 0.3 is 5.97 Å². The zero-order valence-corrected chi connectivity index (χ0v) is 17.5. The molecule has 1 amide bonds. The number of aromatic carboxylic acids is 1. The molecule has 3 N–H and O–H groups in total. The Morgan fingerprint density at radius 2 is 1.65 bits per heavy atom. The lowest BCUT2D eigenvalue weighted by atomic mass is 10.0. The van der Waals surface area contributed by atoms with Crippen molar-refractivity contribution in [3.8, 4) is 11.1 Å². The summed E-state index contributed by atoms with van der Waals surface area (Å²) in [6, 6.07) is 16.6. The molecule has 0 saturated carbocycles. The van der Waals surface area contributed by atoms with Crippen molar-refractivity contribution in [2.75, 3.05) is 28.2 Å². The molecule has 0 fully saturated rings. The van der Waals surface area contributed by atoms with Crippen LogP contribution >= 0.6 is 0 Å². The molecular formula is C22H19N3O5S. The molecule has 0 aliphatic carbocycles. The molecule has 31 heavy (non-hydrogen) atoms. The normalized spacial score (nSPS) is 12.6. The molecule has 9 heteroatoms. The van der Waals surface area contributed by atoms with Crippen molar-refractivity contribution in [1.29, 1.82) is 0 Å². The van der Waals surface area contributed by atoms with Crippen LogP contribution in [0.5, 0.6) is 0 Å². The predicted octanol–water partition coefficient (Wildman–Crippen LogP) is 3.76. The van der Waals surface area contributed by atoms with Gasteiger partial charge in [0.15, 0.2) is 0 Å². The third-order valence-electron chi connectivity index (χ3n) is 5.10. The third kappa shape index (κ3) is 3.82. The van der Waals surface area contributed by atoms with Gasteiger partial charge < -0.3 is 15.7 Å². The van der Waals surface area contributed by atoms with E-state index < -0.39 is 16.0 Å². The highest BCUT2D eigenvalue weighted by molar-refractivity contribution is 7.92. The number of carboxylic acid groups (broad SMARTS) is 1. The lowest BCUT2D eigenvalue weighted by Gasteiger charge is -2.21. The zero-order valence-electron chi connectivity index (χ0n) is 16.7. The van der Waals surface area contributed by atoms with Gasteiger partial charge in [0.1, 0.15) is 0 Å². The first kappa shape index (κ1) is 20.4. The molecule has 0 radical (unpaired) electrons. The van der Waals surface area contributed by atoms with E-state index in [4.69, 9.17) is 0 Å². The molecule has 0 bridgehead atoms. The lowest BCUT2D eigenvalue weighted by molar-refractivity contribution is 0.0696. The Labute approximate surface area is 179 Å². The number of nitrogens with one attached hydrogen (secondary N) is 2. The van der Waals surface area contributed by atoms with Gasteiger partial charge in [-0.2, -0.15) is 0 Å². The van der Waals surface area contributed by atoms with Crippen LogP contribution in [0.25, 0.3) is 11.1 Å². The number of amides is 1. The highest BCUT2D eigenvalue weighted by Gasteiger charge is 2.22. The van der Waals surface area contributed by atoms with Crippen molar-refractivity contribution in [2.24, 2.45) is 0 Å². The lowest BCUT2D eigenvalue weighted by Crippen LogP contribution is -2.25. The van der Waals surface area contributed by atoms with Crippen LogP contribution in [0.4, 0.5) is 22.7 Å². The molecule has 0 unspecified atom stereocenters. The van der Waals surface area contributed by atoms with Crippen molar-refractivity contribution < 1.29 is 23.1 Å². The summed E-state index contributed by atoms with van der Waals surface area (Å²) in [4.78, 5) is 24.0. The summed E-state index contributed by atoms with van der Waals surface area (Å²) in [6.07, 6.45) is 1.13. The Hall–Kier alpha value is -3.85. The number of carbonyl (C=O) groups is 2. The van der Waals surface area contributed by atoms with Crippen LogP contribution in [-0.4, -0.2) is 38.7 Å². The highest BCUT2D eigenvalue weighted by Crippen LogP contribution is 2.37. The maximum absolute atomic E-state index is 12.7. The Bertz CT molecular complexity index is 1330. The highest BCUT2D eigenvalue weighted by atomic mass is 32.2. The Kier molecular flexibility index (Phi) is 4.90. The van der Waals surface area contributed by atoms with E-state index in [1.807, 2.05) is 0 Å². The summed E-state index contributed by atoms with van der Waals surface area (Å²) in [6.45, 7) is 0. The summed E-state index contributed by atoms with van der Waals surface area (Å²) in [5.41, 5.74) is 3.72. The van der Waals surface area contributed by atoms with Crippen LogP contribution in [0.15, 0.2) is 60.7 Å². The number of fused-ring (bicyclic) bond motifs is 2. The fraction of sp³-hybridized carbons (Fsp3) is 0.0909. The van der Waals surface area contributed by atoms with E-state index in [1.165, 1.54) is 29.6 Å². The van der Waals surface area contributed by atoms with Gasteiger partial charge in [-0.15, -0.1) is 0 Å². The minimum absolute atomic E-state index is 0.0835. The van der Waals surface area contributed by atoms with Crippen LogP contribution in [0, 0.1) is 0 Å². The molecule has 4 rings (SSSR count). The van der Waals surface area contributed by atoms with Gasteiger partial charge in [0.25, 0.3) is 5.91 Å². The summed E-state index contributed by atoms with van der Waals surface area (Å²) < 4.78 is 25.3. The molecule has 1 aliphatic rings. The number of carboxylic acids is 1. The van der Waals surface area contributed by atoms with Crippen LogP contribution < -0.4 is 14.9 Å². The van der Waals surface area contributed by atoms with Crippen LogP contribution in [0.3, 0.4) is 0 Å². The molecule has 3 aromatic carbocycles. The standard InChI is InChI=1S/C22H19N3O5S/c1-25(31(2,29)30)20-6-4-3-5-15(20)13-7-9-16-18(11-13)23-19-12-14(22(27)28)8-10-17(19)24-21(16)26/h3-12,23H,1-2H3,(H,24,26)(H,27,28). The second-order valence-corrected chi connectivity index (χ2v) is 9.17. The number of nitrogens with zero attached hydrogens (tertiary/aromatic N) is 1. The number of rotatable bonds is 4. The van der Waals surface area contributed by atoms with E-state index >= 15 is 0 Å². The summed E-state index contributed by atoms with van der Waals surface area (Å²) in [5.74, 6) is -1.41. The third-order valence-corrected chi connectivity index (χ3v) is 6.29. The molecule has 8 nitrogen and oxygen atoms in total. The first-order chi connectivity index (χ1) is 14.6. The van der Waals surface area contributed by atoms with E-state index in [0.29, 0.717) is 39.4 Å². The van der Waals surface area contributed by atoms with E-state index in [9.17, 15) is 23.1 Å². The molecular weight excluding hydrogens is 418 g/mol. The minimum atomic E-state index is -3.47. The molecule has 0 saturated heterocycles. The van der Waals surface area contributed by atoms with E-state index in [0.717, 1.165) is 6.26 Å². The van der Waals surface area contributed by atoms with Crippen molar-refractivity contribution in [3.05, 3.63) is 71.8 Å². The fourth-order valence-corrected chi connectivity index (χ4v) is 3.93. The van der Waals surface area contributed by atoms with Crippen molar-refractivity contribution in [1.82, 2.24) is 0 Å². The summed E-state index contributed by atoms with van der Waals surface area (Å²) in [7, 11) is -1.99. The van der Waals surface area contributed by atoms with E-state index in [2.05, 4.69) is 10.6 Å². The second kappa shape index (κ2) is 7.44. The first-order valence-corrected chi connectivity index (χ1v) is 11.1. The van der Waals surface area contributed by atoms with Crippen LogP contribution in [0.2, 0.25) is 0 Å². The van der Waals surface area contributed by atoms with Gasteiger partial charge in [-0.3, -0.25) is 9.10 Å². The molecule has 1 aliphatic heterocycles. The number of para-hydroxylation sites is 1. The Morgan fingerprint density at radius 3 is 2.35 bits per heavy atom. The minimum Gasteiger partial charge on any atom is -0.478 e. The topological polar surface area (TPSA) is 116 Å². The maximum Gasteiger partial charge on any atom is 0.335 e. The van der Waals surface area contributed by atoms with Gasteiger partial charge in [0.2, 0.25) is 10.0 Å². The molecule has 0 aromatic heterocycles. The number of anilines is 4. The van der Waals surface area contributed by atoms with Crippen LogP contribution in [-0.2, 0) is 10.0 Å². The summed E-state index contributed by atoms with van der Waals surface area (Å²) >= 11 is 0. The smallest absolute Gasteiger partial charge is 0.335 e. The van der Waals surface area contributed by atoms with Gasteiger partial charge in [-0.05, 0) is 42.0 Å². The zero-order chi connectivity index (χ0) is 22.3. The van der Waals surface area contributed by atoms with Crippen molar-refractivity contribution >= 4 is 44.6 Å². The van der Waals surface area contributed by atoms with E-state index in [1.54, 1.807) is 42.5 Å². The Morgan fingerprint density at radius 1 is 0.903 bits per heavy atom. The van der Waals surface area contributed by atoms with Gasteiger partial charge in [-0.1, -0.05) is 24.3 Å². The number of sulfonamides is 1. The number of benzene rings is 3.